The van der Waals surface area contributed by atoms with Gasteiger partial charge in [-0.15, -0.1) is 5.10 Å². The molecule has 18 heavy (non-hydrogen) atoms. The number of benzene rings is 1. The van der Waals surface area contributed by atoms with Gasteiger partial charge in [0.25, 0.3) is 5.91 Å². The van der Waals surface area contributed by atoms with Crippen LogP contribution in [0, 0.1) is 0 Å². The van der Waals surface area contributed by atoms with Crippen LogP contribution in [-0.4, -0.2) is 26.1 Å². The molecule has 0 radical (unpaired) electrons. The van der Waals surface area contributed by atoms with Gasteiger partial charge in [-0.1, -0.05) is 27.6 Å². The van der Waals surface area contributed by atoms with Gasteiger partial charge in [0, 0.05) is 11.6 Å². The van der Waals surface area contributed by atoms with Crippen LogP contribution in [0.2, 0.25) is 0 Å². The van der Waals surface area contributed by atoms with Crippen LogP contribution in [-0.2, 0) is 0 Å². The summed E-state index contributed by atoms with van der Waals surface area (Å²) < 4.78 is 13.5. The van der Waals surface area contributed by atoms with E-state index >= 15 is 0 Å². The molecular formula is C11H8FN5O. The Labute approximate surface area is 100 Å². The van der Waals surface area contributed by atoms with Gasteiger partial charge in [-0.05, 0) is 6.07 Å². The molecule has 3 aromatic rings. The summed E-state index contributed by atoms with van der Waals surface area (Å²) in [5.41, 5.74) is 0.793. The van der Waals surface area contributed by atoms with Crippen molar-refractivity contribution in [2.75, 3.05) is 5.32 Å². The molecule has 2 heterocycles. The van der Waals surface area contributed by atoms with Crippen molar-refractivity contribution in [1.29, 1.82) is 0 Å². The number of carbonyl (C=O) groups excluding carboxylic acids is 1. The Bertz CT molecular complexity index is 703. The van der Waals surface area contributed by atoms with E-state index in [1.807, 2.05) is 0 Å². The van der Waals surface area contributed by atoms with Crippen LogP contribution in [0.1, 0.15) is 10.5 Å². The quantitative estimate of drug-likeness (QED) is 0.722. The molecular weight excluding hydrogens is 237 g/mol. The van der Waals surface area contributed by atoms with E-state index in [2.05, 4.69) is 20.6 Å². The van der Waals surface area contributed by atoms with Gasteiger partial charge in [0.05, 0.1) is 11.9 Å². The normalized spacial score (nSPS) is 10.7. The molecule has 6 nitrogen and oxygen atoms in total. The van der Waals surface area contributed by atoms with Gasteiger partial charge >= 0.3 is 0 Å². The second kappa shape index (κ2) is 3.95. The minimum Gasteiger partial charge on any atom is -0.318 e. The number of hydrogen-bond donors (Lipinski definition) is 2. The van der Waals surface area contributed by atoms with Gasteiger partial charge in [-0.2, -0.15) is 5.10 Å². The number of anilines is 1. The van der Waals surface area contributed by atoms with E-state index in [9.17, 15) is 9.28 Å². The molecule has 1 amide bonds. The SMILES string of the molecule is O=C(Nc1cn[nH]c1)c1nn(F)c2ccccc12. The average Bonchev–Trinajstić information content (AvgIpc) is 2.98. The first kappa shape index (κ1) is 10.5. The smallest absolute Gasteiger partial charge is 0.276 e. The van der Waals surface area contributed by atoms with Crippen molar-refractivity contribution in [2.45, 2.75) is 0 Å². The van der Waals surface area contributed by atoms with Gasteiger partial charge in [-0.3, -0.25) is 9.89 Å². The van der Waals surface area contributed by atoms with Gasteiger partial charge < -0.3 is 5.32 Å². The molecule has 0 saturated carbocycles. The monoisotopic (exact) mass is 245 g/mol. The molecule has 2 aromatic heterocycles. The molecule has 7 heteroatoms. The van der Waals surface area contributed by atoms with Crippen LogP contribution < -0.4 is 5.32 Å². The molecule has 0 saturated heterocycles. The van der Waals surface area contributed by atoms with E-state index in [-0.39, 0.29) is 16.1 Å². The Hall–Kier alpha value is -2.70. The lowest BCUT2D eigenvalue weighted by Crippen LogP contribution is -2.12. The molecule has 90 valence electrons. The molecule has 0 aliphatic rings. The van der Waals surface area contributed by atoms with E-state index in [1.54, 1.807) is 24.3 Å². The lowest BCUT2D eigenvalue weighted by molar-refractivity contribution is 0.102. The summed E-state index contributed by atoms with van der Waals surface area (Å²) in [6.45, 7) is 0. The molecule has 0 fully saturated rings. The predicted molar refractivity (Wildman–Crippen MR) is 62.8 cm³/mol. The summed E-state index contributed by atoms with van der Waals surface area (Å²) in [4.78, 5) is 12.1. The number of fused-ring (bicyclic) bond motifs is 1. The number of carbonyl (C=O) groups is 1. The second-order valence-corrected chi connectivity index (χ2v) is 3.67. The third-order valence-corrected chi connectivity index (χ3v) is 2.52. The lowest BCUT2D eigenvalue weighted by atomic mass is 10.2. The van der Waals surface area contributed by atoms with Gasteiger partial charge in [0.2, 0.25) is 0 Å². The second-order valence-electron chi connectivity index (χ2n) is 3.67. The number of nitrogens with zero attached hydrogens (tertiary/aromatic N) is 3. The Morgan fingerprint density at radius 1 is 1.39 bits per heavy atom. The number of H-pyrrole nitrogens is 1. The maximum absolute atomic E-state index is 13.5. The van der Waals surface area contributed by atoms with Crippen molar-refractivity contribution < 1.29 is 9.28 Å². The van der Waals surface area contributed by atoms with Crippen LogP contribution in [0.3, 0.4) is 0 Å². The summed E-state index contributed by atoms with van der Waals surface area (Å²) in [5, 5.41) is 12.9. The van der Waals surface area contributed by atoms with E-state index in [4.69, 9.17) is 0 Å². The van der Waals surface area contributed by atoms with Crippen molar-refractivity contribution >= 4 is 22.5 Å². The first-order chi connectivity index (χ1) is 8.75. The van der Waals surface area contributed by atoms with Crippen LogP contribution in [0.15, 0.2) is 36.7 Å². The number of aromatic amines is 1. The van der Waals surface area contributed by atoms with Crippen LogP contribution >= 0.6 is 0 Å². The minimum atomic E-state index is -0.482. The number of nitrogens with one attached hydrogen (secondary N) is 2. The first-order valence-electron chi connectivity index (χ1n) is 5.20. The van der Waals surface area contributed by atoms with Gasteiger partial charge in [0.15, 0.2) is 5.69 Å². The van der Waals surface area contributed by atoms with E-state index in [0.717, 1.165) is 0 Å². The molecule has 1 aromatic carbocycles. The summed E-state index contributed by atoms with van der Waals surface area (Å²) in [5.74, 6) is -0.482. The molecule has 0 unspecified atom stereocenters. The number of hydrogen-bond acceptors (Lipinski definition) is 3. The summed E-state index contributed by atoms with van der Waals surface area (Å²) in [6.07, 6.45) is 2.97. The molecule has 0 spiro atoms. The van der Waals surface area contributed by atoms with Crippen molar-refractivity contribution in [1.82, 2.24) is 20.2 Å². The molecule has 0 bridgehead atoms. The van der Waals surface area contributed by atoms with Gasteiger partial charge in [0.1, 0.15) is 5.52 Å². The fraction of sp³-hybridized carbons (Fsp3) is 0. The zero-order valence-corrected chi connectivity index (χ0v) is 9.09. The summed E-state index contributed by atoms with van der Waals surface area (Å²) >= 11 is 0. The largest absolute Gasteiger partial charge is 0.318 e. The third kappa shape index (κ3) is 1.61. The Morgan fingerprint density at radius 2 is 2.22 bits per heavy atom. The van der Waals surface area contributed by atoms with Crippen LogP contribution in [0.5, 0.6) is 0 Å². The number of amides is 1. The standard InChI is InChI=1S/C11H8FN5O/c12-17-9-4-2-1-3-8(9)10(16-17)11(18)15-7-5-13-14-6-7/h1-6H,(H,13,14)(H,15,18). The summed E-state index contributed by atoms with van der Waals surface area (Å²) in [6, 6.07) is 6.59. The first-order valence-corrected chi connectivity index (χ1v) is 5.20. The molecule has 3 rings (SSSR count). The van der Waals surface area contributed by atoms with E-state index < -0.39 is 5.91 Å². The van der Waals surface area contributed by atoms with Crippen molar-refractivity contribution in [3.63, 3.8) is 0 Å². The Morgan fingerprint density at radius 3 is 3.00 bits per heavy atom. The van der Waals surface area contributed by atoms with Crippen molar-refractivity contribution in [3.8, 4) is 0 Å². The summed E-state index contributed by atoms with van der Waals surface area (Å²) in [7, 11) is 0. The van der Waals surface area contributed by atoms with Gasteiger partial charge in [-0.25, -0.2) is 0 Å². The zero-order valence-electron chi connectivity index (χ0n) is 9.09. The maximum Gasteiger partial charge on any atom is 0.276 e. The molecule has 0 atom stereocenters. The number of rotatable bonds is 2. The fourth-order valence-corrected chi connectivity index (χ4v) is 1.71. The van der Waals surface area contributed by atoms with E-state index in [0.29, 0.717) is 11.1 Å². The lowest BCUT2D eigenvalue weighted by Gasteiger charge is -1.98. The highest BCUT2D eigenvalue weighted by Crippen LogP contribution is 2.19. The zero-order chi connectivity index (χ0) is 12.5. The Balaban J connectivity index is 2.01. The molecule has 2 N–H and O–H groups in total. The third-order valence-electron chi connectivity index (χ3n) is 2.52. The Kier molecular flexibility index (Phi) is 2.30. The molecule has 0 aliphatic carbocycles. The molecule has 0 aliphatic heterocycles. The van der Waals surface area contributed by atoms with Crippen LogP contribution in [0.25, 0.3) is 10.9 Å². The highest BCUT2D eigenvalue weighted by atomic mass is 19.2. The fourth-order valence-electron chi connectivity index (χ4n) is 1.71. The average molecular weight is 245 g/mol. The number of aromatic nitrogens is 4. The van der Waals surface area contributed by atoms with Crippen LogP contribution in [0.4, 0.5) is 10.2 Å². The van der Waals surface area contributed by atoms with E-state index in [1.165, 1.54) is 12.4 Å². The van der Waals surface area contributed by atoms with Crippen molar-refractivity contribution in [2.24, 2.45) is 0 Å². The minimum absolute atomic E-state index is 0.0364. The predicted octanol–water partition coefficient (Wildman–Crippen LogP) is 1.74. The highest BCUT2D eigenvalue weighted by molar-refractivity contribution is 6.11. The topological polar surface area (TPSA) is 75.6 Å². The number of para-hydroxylation sites is 1. The van der Waals surface area contributed by atoms with Crippen molar-refractivity contribution in [3.05, 3.63) is 42.4 Å². The maximum atomic E-state index is 13.5. The number of halogens is 1. The highest BCUT2D eigenvalue weighted by Gasteiger charge is 2.17.